The van der Waals surface area contributed by atoms with Crippen molar-refractivity contribution < 1.29 is 22.8 Å². The summed E-state index contributed by atoms with van der Waals surface area (Å²) in [6, 6.07) is 14.3. The van der Waals surface area contributed by atoms with Gasteiger partial charge in [-0.2, -0.15) is 9.57 Å². The number of nitrogens with two attached hydrogens (primary N) is 1. The zero-order valence-corrected chi connectivity index (χ0v) is 23.3. The van der Waals surface area contributed by atoms with Crippen LogP contribution in [0.3, 0.4) is 0 Å². The molecule has 0 spiro atoms. The van der Waals surface area contributed by atoms with Gasteiger partial charge in [-0.3, -0.25) is 14.4 Å². The number of thiophene rings is 1. The number of sulfonamides is 1. The van der Waals surface area contributed by atoms with Gasteiger partial charge < -0.3 is 11.1 Å². The fourth-order valence-electron chi connectivity index (χ4n) is 4.97. The van der Waals surface area contributed by atoms with Crippen molar-refractivity contribution in [2.45, 2.75) is 50.0 Å². The molecular weight excluding hydrogens is 536 g/mol. The van der Waals surface area contributed by atoms with Crippen LogP contribution >= 0.6 is 11.3 Å². The van der Waals surface area contributed by atoms with Gasteiger partial charge in [-0.1, -0.05) is 44.2 Å². The van der Waals surface area contributed by atoms with Crippen molar-refractivity contribution in [3.8, 4) is 6.07 Å². The third-order valence-corrected chi connectivity index (χ3v) is 9.90. The molecule has 204 valence electrons. The highest BCUT2D eigenvalue weighted by Crippen LogP contribution is 2.39. The summed E-state index contributed by atoms with van der Waals surface area (Å²) in [6.45, 7) is 3.60. The van der Waals surface area contributed by atoms with Gasteiger partial charge in [-0.05, 0) is 54.3 Å². The van der Waals surface area contributed by atoms with Crippen LogP contribution < -0.4 is 11.1 Å². The van der Waals surface area contributed by atoms with E-state index in [1.54, 1.807) is 6.07 Å². The number of hydrogen-bond donors (Lipinski definition) is 2. The van der Waals surface area contributed by atoms with E-state index in [4.69, 9.17) is 5.73 Å². The fraction of sp³-hybridized carbons (Fsp3) is 0.357. The molecule has 1 fully saturated rings. The predicted octanol–water partition coefficient (Wildman–Crippen LogP) is 3.54. The average Bonchev–Trinajstić information content (AvgIpc) is 3.19. The van der Waals surface area contributed by atoms with E-state index >= 15 is 0 Å². The Kier molecular flexibility index (Phi) is 8.49. The second kappa shape index (κ2) is 11.7. The number of benzene rings is 2. The number of hydrogen-bond acceptors (Lipinski definition) is 7. The number of fused-ring (bicyclic) bond motifs is 1. The Bertz CT molecular complexity index is 1570. The number of carbonyl (C=O) groups excluding carboxylic acids is 3. The maximum atomic E-state index is 13.7. The van der Waals surface area contributed by atoms with E-state index in [-0.39, 0.29) is 29.3 Å². The lowest BCUT2D eigenvalue weighted by molar-refractivity contribution is -0.128. The molecule has 3 N–H and O–H groups in total. The number of nitrogens with zero attached hydrogens (tertiary/aromatic N) is 2. The summed E-state index contributed by atoms with van der Waals surface area (Å²) < 4.78 is 28.5. The maximum Gasteiger partial charge on any atom is 0.259 e. The molecule has 11 heteroatoms. The van der Waals surface area contributed by atoms with Gasteiger partial charge in [0.15, 0.2) is 5.78 Å². The van der Waals surface area contributed by atoms with E-state index in [1.165, 1.54) is 29.5 Å². The number of ketones is 1. The first-order valence-electron chi connectivity index (χ1n) is 12.7. The third-order valence-electron chi connectivity index (χ3n) is 6.79. The molecule has 3 aromatic rings. The van der Waals surface area contributed by atoms with Crippen molar-refractivity contribution in [2.75, 3.05) is 13.1 Å². The Morgan fingerprint density at radius 1 is 1.18 bits per heavy atom. The molecule has 0 unspecified atom stereocenters. The van der Waals surface area contributed by atoms with Crippen LogP contribution in [-0.2, 0) is 19.6 Å². The molecule has 1 aromatic heterocycles. The molecule has 2 aromatic carbocycles. The largest absolute Gasteiger partial charge is 0.365 e. The van der Waals surface area contributed by atoms with Crippen molar-refractivity contribution in [3.05, 3.63) is 64.5 Å². The molecule has 39 heavy (non-hydrogen) atoms. The maximum absolute atomic E-state index is 13.7. The number of carbonyl (C=O) groups is 3. The highest BCUT2D eigenvalue weighted by Gasteiger charge is 2.36. The van der Waals surface area contributed by atoms with Gasteiger partial charge >= 0.3 is 0 Å². The SMILES string of the molecule is CC(C)C[C@H](C(=O)N[C@@H]1CCCN(S(=O)(=O)c2ccccc2C#N)CC1=O)c1c(C(N)=O)sc2ccccc12. The van der Waals surface area contributed by atoms with Crippen LogP contribution in [0.4, 0.5) is 0 Å². The van der Waals surface area contributed by atoms with Gasteiger partial charge in [-0.25, -0.2) is 8.42 Å². The van der Waals surface area contributed by atoms with Gasteiger partial charge in [0.05, 0.1) is 33.8 Å². The quantitative estimate of drug-likeness (QED) is 0.426. The first-order chi connectivity index (χ1) is 18.5. The summed E-state index contributed by atoms with van der Waals surface area (Å²) in [7, 11) is -4.09. The highest BCUT2D eigenvalue weighted by molar-refractivity contribution is 7.89. The minimum Gasteiger partial charge on any atom is -0.365 e. The van der Waals surface area contributed by atoms with Gasteiger partial charge in [0.1, 0.15) is 6.07 Å². The number of Topliss-reactive ketones (excluding diaryl/α,β-unsaturated/α-hetero) is 1. The first-order valence-corrected chi connectivity index (χ1v) is 14.9. The van der Waals surface area contributed by atoms with Gasteiger partial charge in [0, 0.05) is 11.2 Å². The lowest BCUT2D eigenvalue weighted by atomic mass is 9.87. The molecule has 2 atom stereocenters. The van der Waals surface area contributed by atoms with Crippen LogP contribution in [0.5, 0.6) is 0 Å². The van der Waals surface area contributed by atoms with Crippen molar-refractivity contribution in [1.29, 1.82) is 5.26 Å². The van der Waals surface area contributed by atoms with Crippen LogP contribution in [0.25, 0.3) is 10.1 Å². The monoisotopic (exact) mass is 566 g/mol. The van der Waals surface area contributed by atoms with Gasteiger partial charge in [0.2, 0.25) is 15.9 Å². The molecule has 4 rings (SSSR count). The summed E-state index contributed by atoms with van der Waals surface area (Å²) in [5.74, 6) is -2.07. The van der Waals surface area contributed by atoms with E-state index in [0.717, 1.165) is 14.4 Å². The Hall–Kier alpha value is -3.59. The van der Waals surface area contributed by atoms with Crippen LogP contribution in [0.2, 0.25) is 0 Å². The lowest BCUT2D eigenvalue weighted by Gasteiger charge is -2.23. The van der Waals surface area contributed by atoms with E-state index in [1.807, 2.05) is 44.2 Å². The molecule has 2 heterocycles. The summed E-state index contributed by atoms with van der Waals surface area (Å²) in [5.41, 5.74) is 6.27. The molecule has 0 radical (unpaired) electrons. The van der Waals surface area contributed by atoms with Gasteiger partial charge in [0.25, 0.3) is 5.91 Å². The molecule has 2 amide bonds. The van der Waals surface area contributed by atoms with Crippen molar-refractivity contribution >= 4 is 49.0 Å². The zero-order valence-electron chi connectivity index (χ0n) is 21.7. The van der Waals surface area contributed by atoms with E-state index in [9.17, 15) is 28.1 Å². The van der Waals surface area contributed by atoms with Gasteiger partial charge in [-0.15, -0.1) is 11.3 Å². The average molecular weight is 567 g/mol. The molecule has 0 saturated carbocycles. The Morgan fingerprint density at radius 3 is 2.56 bits per heavy atom. The topological polar surface area (TPSA) is 150 Å². The first kappa shape index (κ1) is 28.4. The molecule has 1 aliphatic rings. The standard InChI is InChI=1S/C28H30N4O5S2/c1-17(2)14-20(25-19-9-4-5-11-23(19)38-26(25)27(30)34)28(35)31-21-10-7-13-32(16-22(21)33)39(36,37)24-12-6-3-8-18(24)15-29/h3-6,8-9,11-12,17,20-21H,7,10,13-14,16H2,1-2H3,(H2,30,34)(H,31,35)/t20-,21+/m0/s1. The minimum absolute atomic E-state index is 0.00354. The van der Waals surface area contributed by atoms with E-state index < -0.39 is 46.1 Å². The fourth-order valence-corrected chi connectivity index (χ4v) is 7.67. The van der Waals surface area contributed by atoms with E-state index in [0.29, 0.717) is 23.3 Å². The van der Waals surface area contributed by atoms with Crippen LogP contribution in [0, 0.1) is 17.2 Å². The smallest absolute Gasteiger partial charge is 0.259 e. The zero-order chi connectivity index (χ0) is 28.3. The molecule has 9 nitrogen and oxygen atoms in total. The number of primary amides is 1. The number of amides is 2. The molecule has 1 saturated heterocycles. The summed E-state index contributed by atoms with van der Waals surface area (Å²) in [4.78, 5) is 39.5. The van der Waals surface area contributed by atoms with Crippen LogP contribution in [0.15, 0.2) is 53.4 Å². The molecule has 1 aliphatic heterocycles. The Balaban J connectivity index is 1.60. The highest BCUT2D eigenvalue weighted by atomic mass is 32.2. The lowest BCUT2D eigenvalue weighted by Crippen LogP contribution is -2.46. The second-order valence-corrected chi connectivity index (χ2v) is 13.0. The van der Waals surface area contributed by atoms with Crippen LogP contribution in [-0.4, -0.2) is 49.5 Å². The normalized spacial score (nSPS) is 17.5. The number of rotatable bonds is 8. The van der Waals surface area contributed by atoms with E-state index in [2.05, 4.69) is 5.32 Å². The Labute approximate surface area is 231 Å². The van der Waals surface area contributed by atoms with Crippen LogP contribution in [0.1, 0.15) is 59.8 Å². The summed E-state index contributed by atoms with van der Waals surface area (Å²) in [5, 5.41) is 13.0. The Morgan fingerprint density at radius 2 is 1.87 bits per heavy atom. The molecule has 0 bridgehead atoms. The molecule has 0 aliphatic carbocycles. The minimum atomic E-state index is -4.09. The number of nitrogens with one attached hydrogen (secondary N) is 1. The number of nitriles is 1. The third kappa shape index (κ3) is 5.88. The summed E-state index contributed by atoms with van der Waals surface area (Å²) in [6.07, 6.45) is 1.03. The second-order valence-electron chi connectivity index (χ2n) is 10.0. The molecular formula is C28H30N4O5S2. The predicted molar refractivity (Wildman–Crippen MR) is 149 cm³/mol. The van der Waals surface area contributed by atoms with Crippen molar-refractivity contribution in [3.63, 3.8) is 0 Å². The summed E-state index contributed by atoms with van der Waals surface area (Å²) >= 11 is 1.24. The van der Waals surface area contributed by atoms with Crippen molar-refractivity contribution in [1.82, 2.24) is 9.62 Å². The van der Waals surface area contributed by atoms with Crippen molar-refractivity contribution in [2.24, 2.45) is 11.7 Å².